The van der Waals surface area contributed by atoms with Crippen LogP contribution in [0.5, 0.6) is 5.75 Å². The first kappa shape index (κ1) is 21.8. The second-order valence-electron chi connectivity index (χ2n) is 6.68. The Morgan fingerprint density at radius 1 is 0.900 bits per heavy atom. The minimum absolute atomic E-state index is 0.145. The maximum absolute atomic E-state index is 12.3. The molecule has 0 spiro atoms. The molecule has 0 heterocycles. The Hall–Kier alpha value is -2.89. The molecular weight excluding hydrogens is 416 g/mol. The molecular formula is C24H23ClN2O2S. The van der Waals surface area contributed by atoms with Crippen LogP contribution in [-0.4, -0.2) is 17.6 Å². The van der Waals surface area contributed by atoms with Gasteiger partial charge in [-0.25, -0.2) is 0 Å². The van der Waals surface area contributed by atoms with Crippen LogP contribution in [0.15, 0.2) is 84.9 Å². The lowest BCUT2D eigenvalue weighted by molar-refractivity contribution is -0.119. The number of carbonyl (C=O) groups excluding carboxylic acids is 1. The van der Waals surface area contributed by atoms with Crippen molar-refractivity contribution in [3.8, 4) is 5.75 Å². The first-order valence-corrected chi connectivity index (χ1v) is 10.5. The average molecular weight is 439 g/mol. The summed E-state index contributed by atoms with van der Waals surface area (Å²) >= 11 is 11.2. The van der Waals surface area contributed by atoms with Crippen LogP contribution >= 0.6 is 23.8 Å². The summed E-state index contributed by atoms with van der Waals surface area (Å²) in [7, 11) is 0. The molecule has 0 saturated heterocycles. The molecule has 0 aromatic heterocycles. The van der Waals surface area contributed by atoms with Gasteiger partial charge in [0.05, 0.1) is 12.6 Å². The second-order valence-corrected chi connectivity index (χ2v) is 7.53. The molecule has 3 rings (SSSR count). The van der Waals surface area contributed by atoms with Gasteiger partial charge < -0.3 is 15.4 Å². The predicted molar refractivity (Wildman–Crippen MR) is 125 cm³/mol. The van der Waals surface area contributed by atoms with Crippen LogP contribution in [0, 0.1) is 0 Å². The first-order chi connectivity index (χ1) is 14.6. The average Bonchev–Trinajstić information content (AvgIpc) is 2.77. The lowest BCUT2D eigenvalue weighted by Crippen LogP contribution is -2.41. The van der Waals surface area contributed by atoms with Gasteiger partial charge in [-0.3, -0.25) is 4.79 Å². The Bertz CT molecular complexity index is 910. The molecule has 6 heteroatoms. The molecule has 154 valence electrons. The Morgan fingerprint density at radius 2 is 1.47 bits per heavy atom. The van der Waals surface area contributed by atoms with Crippen molar-refractivity contribution in [2.75, 3.05) is 6.61 Å². The summed E-state index contributed by atoms with van der Waals surface area (Å²) in [6.07, 6.45) is 0.897. The van der Waals surface area contributed by atoms with Crippen molar-refractivity contribution in [3.05, 3.63) is 101 Å². The highest BCUT2D eigenvalue weighted by Crippen LogP contribution is 2.21. The van der Waals surface area contributed by atoms with Crippen LogP contribution in [-0.2, 0) is 4.79 Å². The van der Waals surface area contributed by atoms with Crippen LogP contribution in [0.1, 0.15) is 30.0 Å². The summed E-state index contributed by atoms with van der Waals surface area (Å²) < 4.78 is 5.61. The number of thiocarbonyl (C=S) groups is 1. The zero-order valence-corrected chi connectivity index (χ0v) is 18.0. The topological polar surface area (TPSA) is 50.4 Å². The van der Waals surface area contributed by atoms with E-state index in [-0.39, 0.29) is 11.9 Å². The third kappa shape index (κ3) is 6.87. The quantitative estimate of drug-likeness (QED) is 0.371. The van der Waals surface area contributed by atoms with Crippen molar-refractivity contribution in [1.82, 2.24) is 10.6 Å². The van der Waals surface area contributed by atoms with Gasteiger partial charge in [-0.15, -0.1) is 0 Å². The SMILES string of the molecule is O=C(CCCOc1ccc(Cl)cc1)NC(=S)NC(c1ccccc1)c1ccccc1. The van der Waals surface area contributed by atoms with Crippen LogP contribution in [0.25, 0.3) is 0 Å². The fourth-order valence-corrected chi connectivity index (χ4v) is 3.32. The molecule has 0 bridgehead atoms. The highest BCUT2D eigenvalue weighted by molar-refractivity contribution is 7.80. The highest BCUT2D eigenvalue weighted by Gasteiger charge is 2.15. The number of carbonyl (C=O) groups is 1. The van der Waals surface area contributed by atoms with E-state index in [1.165, 1.54) is 0 Å². The lowest BCUT2D eigenvalue weighted by atomic mass is 9.99. The summed E-state index contributed by atoms with van der Waals surface area (Å²) in [4.78, 5) is 12.3. The van der Waals surface area contributed by atoms with E-state index < -0.39 is 0 Å². The summed E-state index contributed by atoms with van der Waals surface area (Å²) in [6.45, 7) is 0.436. The smallest absolute Gasteiger partial charge is 0.226 e. The van der Waals surface area contributed by atoms with E-state index in [2.05, 4.69) is 10.6 Å². The van der Waals surface area contributed by atoms with E-state index in [0.29, 0.717) is 29.6 Å². The van der Waals surface area contributed by atoms with Gasteiger partial charge in [-0.1, -0.05) is 72.3 Å². The first-order valence-electron chi connectivity index (χ1n) is 9.70. The zero-order chi connectivity index (χ0) is 21.2. The molecule has 0 saturated carbocycles. The van der Waals surface area contributed by atoms with Crippen molar-refractivity contribution in [3.63, 3.8) is 0 Å². The second kappa shape index (κ2) is 11.3. The molecule has 3 aromatic rings. The Morgan fingerprint density at radius 3 is 2.03 bits per heavy atom. The molecule has 0 aliphatic carbocycles. The van der Waals surface area contributed by atoms with Crippen LogP contribution < -0.4 is 15.4 Å². The number of halogens is 1. The van der Waals surface area contributed by atoms with Gasteiger partial charge in [-0.2, -0.15) is 0 Å². The highest BCUT2D eigenvalue weighted by atomic mass is 35.5. The minimum atomic E-state index is -0.146. The predicted octanol–water partition coefficient (Wildman–Crippen LogP) is 5.28. The zero-order valence-electron chi connectivity index (χ0n) is 16.4. The molecule has 0 fully saturated rings. The molecule has 0 aliphatic heterocycles. The van der Waals surface area contributed by atoms with Crippen LogP contribution in [0.3, 0.4) is 0 Å². The van der Waals surface area contributed by atoms with Crippen molar-refractivity contribution >= 4 is 34.8 Å². The van der Waals surface area contributed by atoms with Crippen molar-refractivity contribution in [1.29, 1.82) is 0 Å². The Labute approximate surface area is 187 Å². The fraction of sp³-hybridized carbons (Fsp3) is 0.167. The van der Waals surface area contributed by atoms with Crippen molar-refractivity contribution in [2.45, 2.75) is 18.9 Å². The summed E-state index contributed by atoms with van der Waals surface area (Å²) in [5.41, 5.74) is 2.13. The number of hydrogen-bond donors (Lipinski definition) is 2. The van der Waals surface area contributed by atoms with Gasteiger partial charge in [-0.05, 0) is 54.0 Å². The maximum Gasteiger partial charge on any atom is 0.226 e. The van der Waals surface area contributed by atoms with E-state index in [1.807, 2.05) is 60.7 Å². The van der Waals surface area contributed by atoms with E-state index >= 15 is 0 Å². The lowest BCUT2D eigenvalue weighted by Gasteiger charge is -2.21. The summed E-state index contributed by atoms with van der Waals surface area (Å²) in [5, 5.41) is 6.98. The Balaban J connectivity index is 1.48. The summed E-state index contributed by atoms with van der Waals surface area (Å²) in [5.74, 6) is 0.581. The monoisotopic (exact) mass is 438 g/mol. The molecule has 1 amide bonds. The molecule has 0 aliphatic rings. The third-order valence-corrected chi connectivity index (χ3v) is 4.90. The van der Waals surface area contributed by atoms with E-state index in [9.17, 15) is 4.79 Å². The van der Waals surface area contributed by atoms with Gasteiger partial charge in [0, 0.05) is 11.4 Å². The summed E-state index contributed by atoms with van der Waals surface area (Å²) in [6, 6.07) is 27.0. The molecule has 4 nitrogen and oxygen atoms in total. The molecule has 0 radical (unpaired) electrons. The molecule has 0 unspecified atom stereocenters. The van der Waals surface area contributed by atoms with Gasteiger partial charge >= 0.3 is 0 Å². The van der Waals surface area contributed by atoms with Crippen LogP contribution in [0.2, 0.25) is 5.02 Å². The van der Waals surface area contributed by atoms with Crippen molar-refractivity contribution < 1.29 is 9.53 Å². The van der Waals surface area contributed by atoms with Gasteiger partial charge in [0.2, 0.25) is 5.91 Å². The number of amides is 1. The number of rotatable bonds is 8. The maximum atomic E-state index is 12.3. The van der Waals surface area contributed by atoms with Gasteiger partial charge in [0.25, 0.3) is 0 Å². The number of hydrogen-bond acceptors (Lipinski definition) is 3. The normalized spacial score (nSPS) is 10.5. The largest absolute Gasteiger partial charge is 0.494 e. The van der Waals surface area contributed by atoms with E-state index in [4.69, 9.17) is 28.6 Å². The molecule has 30 heavy (non-hydrogen) atoms. The number of nitrogens with one attached hydrogen (secondary N) is 2. The van der Waals surface area contributed by atoms with Gasteiger partial charge in [0.1, 0.15) is 5.75 Å². The third-order valence-electron chi connectivity index (χ3n) is 4.42. The van der Waals surface area contributed by atoms with Crippen molar-refractivity contribution in [2.24, 2.45) is 0 Å². The van der Waals surface area contributed by atoms with Crippen LogP contribution in [0.4, 0.5) is 0 Å². The molecule has 0 atom stereocenters. The standard InChI is InChI=1S/C24H23ClN2O2S/c25-20-13-15-21(16-14-20)29-17-7-12-22(28)26-24(30)27-23(18-8-3-1-4-9-18)19-10-5-2-6-11-19/h1-6,8-11,13-16,23H,7,12,17H2,(H2,26,27,28,30). The number of benzene rings is 3. The molecule has 3 aromatic carbocycles. The Kier molecular flexibility index (Phi) is 8.24. The van der Waals surface area contributed by atoms with E-state index in [0.717, 1.165) is 16.9 Å². The van der Waals surface area contributed by atoms with E-state index in [1.54, 1.807) is 24.3 Å². The fourth-order valence-electron chi connectivity index (χ4n) is 2.96. The molecule has 2 N–H and O–H groups in total. The van der Waals surface area contributed by atoms with Gasteiger partial charge in [0.15, 0.2) is 5.11 Å². The number of ether oxygens (including phenoxy) is 1. The minimum Gasteiger partial charge on any atom is -0.494 e.